The van der Waals surface area contributed by atoms with E-state index in [1.165, 1.54) is 0 Å². The lowest BCUT2D eigenvalue weighted by Gasteiger charge is -2.24. The fourth-order valence-corrected chi connectivity index (χ4v) is 5.25. The van der Waals surface area contributed by atoms with Gasteiger partial charge in [-0.2, -0.15) is 9.97 Å². The van der Waals surface area contributed by atoms with Gasteiger partial charge in [-0.3, -0.25) is 9.36 Å². The number of fused-ring (bicyclic) bond motifs is 1. The fourth-order valence-electron chi connectivity index (χ4n) is 5.25. The Balaban J connectivity index is 1.07. The lowest BCUT2D eigenvalue weighted by atomic mass is 10.1. The molecule has 1 amide bonds. The van der Waals surface area contributed by atoms with E-state index in [9.17, 15) is 4.79 Å². The molecule has 12 nitrogen and oxygen atoms in total. The standard InChI is InChI=1S/C32H47N7O5/c1-32(2,3)37-29-28-30(39(22-33-28)26-13-7-10-20-42-26)36-31(35-29)34-23-15-17-24(18-16-23)41-19-9-5-4-6-12-25(40)38-44-27-14-8-11-21-43-27/h15-18,22,26-27H,4-14,19-21H2,1-3H3,(H,38,40)(H2,34,35,36,37). The van der Waals surface area contributed by atoms with Crippen molar-refractivity contribution >= 4 is 34.5 Å². The summed E-state index contributed by atoms with van der Waals surface area (Å²) >= 11 is 0. The SMILES string of the molecule is CC(C)(C)Nc1nc(Nc2ccc(OCCCCCCC(=O)NOC3CCCCO3)cc2)nc2c1ncn2C1CCCCO1. The Kier molecular flexibility index (Phi) is 11.2. The first kappa shape index (κ1) is 31.9. The highest BCUT2D eigenvalue weighted by atomic mass is 16.8. The molecule has 1 aromatic carbocycles. The number of unbranched alkanes of at least 4 members (excludes halogenated alkanes) is 3. The van der Waals surface area contributed by atoms with Gasteiger partial charge in [0, 0.05) is 37.3 Å². The molecule has 2 aliphatic rings. The molecule has 4 heterocycles. The molecule has 2 saturated heterocycles. The summed E-state index contributed by atoms with van der Waals surface area (Å²) in [5, 5.41) is 6.83. The summed E-state index contributed by atoms with van der Waals surface area (Å²) in [5.41, 5.74) is 4.64. The van der Waals surface area contributed by atoms with Crippen LogP contribution in [-0.4, -0.2) is 57.1 Å². The van der Waals surface area contributed by atoms with Gasteiger partial charge in [-0.15, -0.1) is 0 Å². The molecular weight excluding hydrogens is 562 g/mol. The van der Waals surface area contributed by atoms with Crippen LogP contribution in [0.5, 0.6) is 5.75 Å². The molecule has 44 heavy (non-hydrogen) atoms. The quantitative estimate of drug-likeness (QED) is 0.140. The van der Waals surface area contributed by atoms with E-state index < -0.39 is 0 Å². The molecule has 240 valence electrons. The van der Waals surface area contributed by atoms with Crippen molar-refractivity contribution in [3.05, 3.63) is 30.6 Å². The first-order valence-corrected chi connectivity index (χ1v) is 16.0. The number of amides is 1. The number of nitrogens with zero attached hydrogens (tertiary/aromatic N) is 4. The Labute approximate surface area is 259 Å². The van der Waals surface area contributed by atoms with Gasteiger partial charge >= 0.3 is 0 Å². The number of carbonyl (C=O) groups is 1. The van der Waals surface area contributed by atoms with Crippen molar-refractivity contribution in [2.75, 3.05) is 30.5 Å². The number of hydroxylamine groups is 1. The highest BCUT2D eigenvalue weighted by molar-refractivity contribution is 5.85. The van der Waals surface area contributed by atoms with Gasteiger partial charge in [0.05, 0.1) is 12.9 Å². The predicted molar refractivity (Wildman–Crippen MR) is 169 cm³/mol. The van der Waals surface area contributed by atoms with Gasteiger partial charge in [0.1, 0.15) is 12.0 Å². The Morgan fingerprint density at radius 1 is 0.977 bits per heavy atom. The van der Waals surface area contributed by atoms with Gasteiger partial charge in [-0.05, 0) is 90.0 Å². The van der Waals surface area contributed by atoms with Crippen molar-refractivity contribution < 1.29 is 23.8 Å². The average molecular weight is 610 g/mol. The van der Waals surface area contributed by atoms with E-state index in [1.54, 1.807) is 6.33 Å². The molecule has 0 radical (unpaired) electrons. The van der Waals surface area contributed by atoms with Crippen LogP contribution in [0.3, 0.4) is 0 Å². The Morgan fingerprint density at radius 2 is 1.75 bits per heavy atom. The maximum absolute atomic E-state index is 12.0. The third-order valence-corrected chi connectivity index (χ3v) is 7.50. The first-order chi connectivity index (χ1) is 21.3. The molecule has 0 aliphatic carbocycles. The van der Waals surface area contributed by atoms with Crippen molar-refractivity contribution in [3.63, 3.8) is 0 Å². The van der Waals surface area contributed by atoms with Crippen LogP contribution in [0.1, 0.15) is 97.6 Å². The van der Waals surface area contributed by atoms with Gasteiger partial charge in [-0.25, -0.2) is 15.3 Å². The van der Waals surface area contributed by atoms with Crippen molar-refractivity contribution in [3.8, 4) is 5.75 Å². The molecule has 2 aliphatic heterocycles. The number of imidazole rings is 1. The summed E-state index contributed by atoms with van der Waals surface area (Å²) < 4.78 is 19.4. The molecule has 0 bridgehead atoms. The molecule has 3 aromatic rings. The van der Waals surface area contributed by atoms with E-state index in [2.05, 4.69) is 41.9 Å². The topological polar surface area (TPSA) is 134 Å². The number of anilines is 3. The van der Waals surface area contributed by atoms with Crippen LogP contribution in [0.15, 0.2) is 30.6 Å². The minimum atomic E-state index is -0.312. The lowest BCUT2D eigenvalue weighted by molar-refractivity contribution is -0.200. The normalized spacial score (nSPS) is 19.1. The summed E-state index contributed by atoms with van der Waals surface area (Å²) in [4.78, 5) is 31.5. The molecule has 3 N–H and O–H groups in total. The molecule has 2 fully saturated rings. The molecule has 2 aromatic heterocycles. The molecule has 12 heteroatoms. The average Bonchev–Trinajstić information content (AvgIpc) is 3.45. The Morgan fingerprint density at radius 3 is 2.48 bits per heavy atom. The van der Waals surface area contributed by atoms with Crippen LogP contribution in [0, 0.1) is 0 Å². The number of aromatic nitrogens is 4. The Bertz CT molecular complexity index is 1330. The van der Waals surface area contributed by atoms with Crippen LogP contribution in [-0.2, 0) is 19.1 Å². The summed E-state index contributed by atoms with van der Waals surface area (Å²) in [7, 11) is 0. The van der Waals surface area contributed by atoms with Gasteiger partial charge in [0.15, 0.2) is 23.3 Å². The highest BCUT2D eigenvalue weighted by Crippen LogP contribution is 2.30. The van der Waals surface area contributed by atoms with Gasteiger partial charge in [0.25, 0.3) is 0 Å². The van der Waals surface area contributed by atoms with Crippen molar-refractivity contribution in [1.82, 2.24) is 25.0 Å². The number of rotatable bonds is 14. The second-order valence-electron chi connectivity index (χ2n) is 12.5. The van der Waals surface area contributed by atoms with Crippen molar-refractivity contribution in [2.24, 2.45) is 0 Å². The summed E-state index contributed by atoms with van der Waals surface area (Å²) in [6.45, 7) is 8.34. The van der Waals surface area contributed by atoms with Gasteiger partial charge in [0.2, 0.25) is 11.9 Å². The van der Waals surface area contributed by atoms with Gasteiger partial charge in [-0.1, -0.05) is 12.8 Å². The molecule has 5 rings (SSSR count). The third kappa shape index (κ3) is 9.51. The highest BCUT2D eigenvalue weighted by Gasteiger charge is 2.23. The minimum Gasteiger partial charge on any atom is -0.494 e. The number of carbonyl (C=O) groups excluding carboxylic acids is 1. The Hall–Kier alpha value is -3.48. The van der Waals surface area contributed by atoms with E-state index in [0.717, 1.165) is 93.4 Å². The second-order valence-corrected chi connectivity index (χ2v) is 12.5. The van der Waals surface area contributed by atoms with Crippen LogP contribution >= 0.6 is 0 Å². The first-order valence-electron chi connectivity index (χ1n) is 16.0. The lowest BCUT2D eigenvalue weighted by Crippen LogP contribution is -2.32. The number of benzene rings is 1. The van der Waals surface area contributed by atoms with E-state index in [0.29, 0.717) is 31.4 Å². The van der Waals surface area contributed by atoms with E-state index in [4.69, 9.17) is 29.0 Å². The van der Waals surface area contributed by atoms with E-state index >= 15 is 0 Å². The zero-order chi connectivity index (χ0) is 30.8. The largest absolute Gasteiger partial charge is 0.494 e. The number of hydrogen-bond acceptors (Lipinski definition) is 10. The predicted octanol–water partition coefficient (Wildman–Crippen LogP) is 6.38. The second kappa shape index (κ2) is 15.5. The summed E-state index contributed by atoms with van der Waals surface area (Å²) in [6.07, 6.45) is 11.6. The van der Waals surface area contributed by atoms with Crippen LogP contribution in [0.2, 0.25) is 0 Å². The maximum atomic E-state index is 12.0. The summed E-state index contributed by atoms with van der Waals surface area (Å²) in [5.74, 6) is 1.87. The monoisotopic (exact) mass is 609 g/mol. The van der Waals surface area contributed by atoms with Crippen LogP contribution in [0.25, 0.3) is 11.2 Å². The minimum absolute atomic E-state index is 0.0731. The molecule has 0 spiro atoms. The molecule has 2 atom stereocenters. The molecular formula is C32H47N7O5. The smallest absolute Gasteiger partial charge is 0.243 e. The van der Waals surface area contributed by atoms with Crippen molar-refractivity contribution in [2.45, 2.75) is 109 Å². The van der Waals surface area contributed by atoms with E-state index in [-0.39, 0.29) is 24.0 Å². The van der Waals surface area contributed by atoms with Crippen molar-refractivity contribution in [1.29, 1.82) is 0 Å². The number of nitrogens with one attached hydrogen (secondary N) is 3. The molecule has 2 unspecified atom stereocenters. The number of hydrogen-bond donors (Lipinski definition) is 3. The van der Waals surface area contributed by atoms with Crippen LogP contribution in [0.4, 0.5) is 17.5 Å². The zero-order valence-electron chi connectivity index (χ0n) is 26.3. The zero-order valence-corrected chi connectivity index (χ0v) is 26.3. The third-order valence-electron chi connectivity index (χ3n) is 7.50. The van der Waals surface area contributed by atoms with Crippen LogP contribution < -0.4 is 20.9 Å². The maximum Gasteiger partial charge on any atom is 0.243 e. The summed E-state index contributed by atoms with van der Waals surface area (Å²) in [6, 6.07) is 7.80. The van der Waals surface area contributed by atoms with Gasteiger partial charge < -0.3 is 24.8 Å². The fraction of sp³-hybridized carbons (Fsp3) is 0.625. The molecule has 0 saturated carbocycles. The number of ether oxygens (including phenoxy) is 3. The van der Waals surface area contributed by atoms with E-state index in [1.807, 2.05) is 28.8 Å².